The SMILES string of the molecule is CCCCS(=O)(=O)NCCNC(=O)c1ccc(C(C)(C)C)cc1. The molecule has 0 aliphatic rings. The van der Waals surface area contributed by atoms with Crippen molar-refractivity contribution >= 4 is 15.9 Å². The highest BCUT2D eigenvalue weighted by Crippen LogP contribution is 2.22. The van der Waals surface area contributed by atoms with Crippen molar-refractivity contribution in [2.24, 2.45) is 0 Å². The summed E-state index contributed by atoms with van der Waals surface area (Å²) in [6.07, 6.45) is 1.48. The molecule has 2 N–H and O–H groups in total. The highest BCUT2D eigenvalue weighted by Gasteiger charge is 2.14. The van der Waals surface area contributed by atoms with E-state index in [2.05, 4.69) is 30.8 Å². The molecule has 0 spiro atoms. The van der Waals surface area contributed by atoms with E-state index in [1.807, 2.05) is 19.1 Å². The second-order valence-electron chi connectivity index (χ2n) is 6.65. The lowest BCUT2D eigenvalue weighted by Gasteiger charge is -2.19. The van der Waals surface area contributed by atoms with E-state index in [0.717, 1.165) is 12.0 Å². The van der Waals surface area contributed by atoms with Crippen LogP contribution in [0.5, 0.6) is 0 Å². The number of sulfonamides is 1. The van der Waals surface area contributed by atoms with E-state index in [1.54, 1.807) is 12.1 Å². The Morgan fingerprint density at radius 3 is 2.22 bits per heavy atom. The van der Waals surface area contributed by atoms with E-state index < -0.39 is 10.0 Å². The molecule has 1 amide bonds. The number of hydrogen-bond acceptors (Lipinski definition) is 3. The molecule has 0 fully saturated rings. The van der Waals surface area contributed by atoms with E-state index in [-0.39, 0.29) is 30.2 Å². The molecule has 0 atom stereocenters. The van der Waals surface area contributed by atoms with Crippen LogP contribution in [0.15, 0.2) is 24.3 Å². The lowest BCUT2D eigenvalue weighted by molar-refractivity contribution is 0.0954. The van der Waals surface area contributed by atoms with Gasteiger partial charge in [-0.05, 0) is 29.5 Å². The first-order valence-electron chi connectivity index (χ1n) is 8.02. The molecule has 23 heavy (non-hydrogen) atoms. The number of hydrogen-bond donors (Lipinski definition) is 2. The number of carbonyl (C=O) groups excluding carboxylic acids is 1. The molecule has 0 aromatic heterocycles. The van der Waals surface area contributed by atoms with Crippen molar-refractivity contribution < 1.29 is 13.2 Å². The van der Waals surface area contributed by atoms with Crippen LogP contribution in [-0.2, 0) is 15.4 Å². The third-order valence-corrected chi connectivity index (χ3v) is 4.98. The summed E-state index contributed by atoms with van der Waals surface area (Å²) in [5, 5.41) is 2.72. The molecule has 0 heterocycles. The second kappa shape index (κ2) is 8.45. The molecular weight excluding hydrogens is 312 g/mol. The average molecular weight is 340 g/mol. The molecule has 6 heteroatoms. The van der Waals surface area contributed by atoms with Gasteiger partial charge in [0.25, 0.3) is 5.91 Å². The number of benzene rings is 1. The van der Waals surface area contributed by atoms with Crippen molar-refractivity contribution in [1.82, 2.24) is 10.0 Å². The maximum absolute atomic E-state index is 12.0. The maximum atomic E-state index is 12.0. The minimum atomic E-state index is -3.23. The number of unbranched alkanes of at least 4 members (excludes halogenated alkanes) is 1. The van der Waals surface area contributed by atoms with Gasteiger partial charge in [-0.25, -0.2) is 13.1 Å². The Labute approximate surface area is 139 Å². The van der Waals surface area contributed by atoms with E-state index in [4.69, 9.17) is 0 Å². The smallest absolute Gasteiger partial charge is 0.251 e. The lowest BCUT2D eigenvalue weighted by Crippen LogP contribution is -2.35. The highest BCUT2D eigenvalue weighted by atomic mass is 32.2. The molecule has 0 unspecified atom stereocenters. The van der Waals surface area contributed by atoms with Crippen molar-refractivity contribution in [2.75, 3.05) is 18.8 Å². The van der Waals surface area contributed by atoms with Crippen LogP contribution in [0.25, 0.3) is 0 Å². The predicted molar refractivity (Wildman–Crippen MR) is 94.2 cm³/mol. The first-order valence-corrected chi connectivity index (χ1v) is 9.67. The van der Waals surface area contributed by atoms with Gasteiger partial charge < -0.3 is 5.32 Å². The van der Waals surface area contributed by atoms with Crippen LogP contribution in [-0.4, -0.2) is 33.2 Å². The van der Waals surface area contributed by atoms with Crippen molar-refractivity contribution in [3.8, 4) is 0 Å². The third kappa shape index (κ3) is 7.14. The summed E-state index contributed by atoms with van der Waals surface area (Å²) in [6.45, 7) is 8.77. The van der Waals surface area contributed by atoms with Gasteiger partial charge in [-0.1, -0.05) is 46.2 Å². The Hall–Kier alpha value is -1.40. The minimum absolute atomic E-state index is 0.0474. The van der Waals surface area contributed by atoms with Gasteiger partial charge in [-0.15, -0.1) is 0 Å². The molecule has 0 saturated carbocycles. The van der Waals surface area contributed by atoms with Crippen molar-refractivity contribution in [1.29, 1.82) is 0 Å². The summed E-state index contributed by atoms with van der Waals surface area (Å²) in [5.41, 5.74) is 1.79. The Bertz CT molecular complexity index is 602. The fourth-order valence-corrected chi connectivity index (χ4v) is 3.24. The molecule has 5 nitrogen and oxygen atoms in total. The topological polar surface area (TPSA) is 75.3 Å². The average Bonchev–Trinajstić information content (AvgIpc) is 2.48. The summed E-state index contributed by atoms with van der Waals surface area (Å²) >= 11 is 0. The fourth-order valence-electron chi connectivity index (χ4n) is 2.01. The minimum Gasteiger partial charge on any atom is -0.351 e. The number of rotatable bonds is 8. The van der Waals surface area contributed by atoms with Gasteiger partial charge >= 0.3 is 0 Å². The van der Waals surface area contributed by atoms with Crippen LogP contribution in [0, 0.1) is 0 Å². The molecule has 0 radical (unpaired) electrons. The molecule has 1 aromatic carbocycles. The summed E-state index contributed by atoms with van der Waals surface area (Å²) in [5.74, 6) is -0.0654. The fraction of sp³-hybridized carbons (Fsp3) is 0.588. The van der Waals surface area contributed by atoms with Gasteiger partial charge in [-0.2, -0.15) is 0 Å². The largest absolute Gasteiger partial charge is 0.351 e. The van der Waals surface area contributed by atoms with Crippen LogP contribution in [0.4, 0.5) is 0 Å². The van der Waals surface area contributed by atoms with Crippen molar-refractivity contribution in [3.05, 3.63) is 35.4 Å². The quantitative estimate of drug-likeness (QED) is 0.714. The molecule has 1 aromatic rings. The van der Waals surface area contributed by atoms with Crippen molar-refractivity contribution in [2.45, 2.75) is 46.0 Å². The second-order valence-corrected chi connectivity index (χ2v) is 8.58. The molecule has 130 valence electrons. The van der Waals surface area contributed by atoms with Crippen molar-refractivity contribution in [3.63, 3.8) is 0 Å². The summed E-state index contributed by atoms with van der Waals surface area (Å²) in [7, 11) is -3.23. The van der Waals surface area contributed by atoms with Crippen LogP contribution in [0.2, 0.25) is 0 Å². The van der Waals surface area contributed by atoms with Gasteiger partial charge in [0, 0.05) is 18.7 Å². The Kier molecular flexibility index (Phi) is 7.22. The first-order chi connectivity index (χ1) is 10.7. The summed E-state index contributed by atoms with van der Waals surface area (Å²) in [4.78, 5) is 12.0. The van der Waals surface area contributed by atoms with E-state index in [1.165, 1.54) is 0 Å². The number of carbonyl (C=O) groups is 1. The Morgan fingerprint density at radius 2 is 1.70 bits per heavy atom. The molecule has 0 bridgehead atoms. The van der Waals surface area contributed by atoms with E-state index >= 15 is 0 Å². The standard InChI is InChI=1S/C17H28N2O3S/c1-5-6-13-23(21,22)19-12-11-18-16(20)14-7-9-15(10-8-14)17(2,3)4/h7-10,19H,5-6,11-13H2,1-4H3,(H,18,20). The molecular formula is C17H28N2O3S. The first kappa shape index (κ1) is 19.6. The van der Waals surface area contributed by atoms with Gasteiger partial charge in [0.1, 0.15) is 0 Å². The monoisotopic (exact) mass is 340 g/mol. The third-order valence-electron chi connectivity index (χ3n) is 3.51. The lowest BCUT2D eigenvalue weighted by atomic mass is 9.87. The zero-order valence-corrected chi connectivity index (χ0v) is 15.3. The molecule has 0 aliphatic carbocycles. The molecule has 0 aliphatic heterocycles. The van der Waals surface area contributed by atoms with Gasteiger partial charge in [0.05, 0.1) is 5.75 Å². The normalized spacial score (nSPS) is 12.2. The van der Waals surface area contributed by atoms with E-state index in [9.17, 15) is 13.2 Å². The van der Waals surface area contributed by atoms with Crippen LogP contribution in [0.3, 0.4) is 0 Å². The van der Waals surface area contributed by atoms with Gasteiger partial charge in [-0.3, -0.25) is 4.79 Å². The maximum Gasteiger partial charge on any atom is 0.251 e. The summed E-state index contributed by atoms with van der Waals surface area (Å²) in [6, 6.07) is 7.48. The molecule has 0 saturated heterocycles. The van der Waals surface area contributed by atoms with Crippen LogP contribution >= 0.6 is 0 Å². The highest BCUT2D eigenvalue weighted by molar-refractivity contribution is 7.89. The van der Waals surface area contributed by atoms with Crippen LogP contribution < -0.4 is 10.0 Å². The van der Waals surface area contributed by atoms with Crippen LogP contribution in [0.1, 0.15) is 56.5 Å². The Balaban J connectivity index is 2.43. The Morgan fingerprint density at radius 1 is 1.09 bits per heavy atom. The van der Waals surface area contributed by atoms with Gasteiger partial charge in [0.15, 0.2) is 0 Å². The summed E-state index contributed by atoms with van der Waals surface area (Å²) < 4.78 is 25.7. The number of amides is 1. The number of nitrogens with one attached hydrogen (secondary N) is 2. The zero-order valence-electron chi connectivity index (χ0n) is 14.5. The predicted octanol–water partition coefficient (Wildman–Crippen LogP) is 2.43. The zero-order chi connectivity index (χ0) is 17.5. The van der Waals surface area contributed by atoms with Gasteiger partial charge in [0.2, 0.25) is 10.0 Å². The molecule has 1 rings (SSSR count). The van der Waals surface area contributed by atoms with E-state index in [0.29, 0.717) is 12.0 Å².